The molecule has 1 saturated heterocycles. The van der Waals surface area contributed by atoms with Crippen molar-refractivity contribution < 1.29 is 14.3 Å². The Labute approximate surface area is 137 Å². The molecule has 0 aromatic heterocycles. The molecule has 2 rings (SSSR count). The molecule has 1 aromatic carbocycles. The first-order valence-electron chi connectivity index (χ1n) is 8.02. The lowest BCUT2D eigenvalue weighted by Gasteiger charge is -2.34. The average Bonchev–Trinajstić information content (AvgIpc) is 2.60. The standard InChI is InChI=1S/C17H25N3O3/c1-3-19-8-10-20(11-9-19)17(22)13-18-16(21)12-14-4-6-15(23-2)7-5-14/h4-7H,3,8-13H2,1-2H3,(H,18,21). The lowest BCUT2D eigenvalue weighted by molar-refractivity contribution is -0.134. The molecule has 0 aliphatic carbocycles. The lowest BCUT2D eigenvalue weighted by Crippen LogP contribution is -2.51. The van der Waals surface area contributed by atoms with E-state index in [0.717, 1.165) is 44.0 Å². The molecule has 0 spiro atoms. The highest BCUT2D eigenvalue weighted by Crippen LogP contribution is 2.11. The predicted octanol–water partition coefficient (Wildman–Crippen LogP) is 0.518. The fourth-order valence-corrected chi connectivity index (χ4v) is 2.59. The van der Waals surface area contributed by atoms with Gasteiger partial charge in [-0.25, -0.2) is 0 Å². The molecule has 6 nitrogen and oxygen atoms in total. The molecule has 0 radical (unpaired) electrons. The van der Waals surface area contributed by atoms with E-state index in [1.54, 1.807) is 7.11 Å². The molecule has 1 aromatic rings. The predicted molar refractivity (Wildman–Crippen MR) is 88.4 cm³/mol. The van der Waals surface area contributed by atoms with Gasteiger partial charge in [-0.05, 0) is 24.2 Å². The van der Waals surface area contributed by atoms with E-state index in [1.807, 2.05) is 29.2 Å². The number of benzene rings is 1. The summed E-state index contributed by atoms with van der Waals surface area (Å²) in [6.07, 6.45) is 0.265. The number of carbonyl (C=O) groups is 2. The molecule has 1 aliphatic heterocycles. The van der Waals surface area contributed by atoms with Crippen LogP contribution in [0.3, 0.4) is 0 Å². The molecule has 126 valence electrons. The molecule has 1 aliphatic rings. The number of piperazine rings is 1. The molecular formula is C17H25N3O3. The molecule has 23 heavy (non-hydrogen) atoms. The summed E-state index contributed by atoms with van der Waals surface area (Å²) in [5.41, 5.74) is 0.896. The Bertz CT molecular complexity index is 522. The summed E-state index contributed by atoms with van der Waals surface area (Å²) in [6.45, 7) is 6.49. The van der Waals surface area contributed by atoms with Gasteiger partial charge in [-0.15, -0.1) is 0 Å². The molecule has 0 bridgehead atoms. The Morgan fingerprint density at radius 1 is 1.13 bits per heavy atom. The van der Waals surface area contributed by atoms with Gasteiger partial charge in [0, 0.05) is 26.2 Å². The van der Waals surface area contributed by atoms with Gasteiger partial charge in [0.2, 0.25) is 11.8 Å². The van der Waals surface area contributed by atoms with Crippen LogP contribution in [0.5, 0.6) is 5.75 Å². The number of ether oxygens (including phenoxy) is 1. The van der Waals surface area contributed by atoms with Crippen LogP contribution in [0.2, 0.25) is 0 Å². The van der Waals surface area contributed by atoms with Crippen molar-refractivity contribution in [1.82, 2.24) is 15.1 Å². The van der Waals surface area contributed by atoms with Crippen LogP contribution < -0.4 is 10.1 Å². The maximum absolute atomic E-state index is 12.1. The van der Waals surface area contributed by atoms with E-state index < -0.39 is 0 Å². The van der Waals surface area contributed by atoms with E-state index in [2.05, 4.69) is 17.1 Å². The number of rotatable bonds is 6. The number of nitrogens with zero attached hydrogens (tertiary/aromatic N) is 2. The summed E-state index contributed by atoms with van der Waals surface area (Å²) in [7, 11) is 1.60. The third-order valence-electron chi connectivity index (χ3n) is 4.13. The number of methoxy groups -OCH3 is 1. The van der Waals surface area contributed by atoms with Crippen molar-refractivity contribution in [3.63, 3.8) is 0 Å². The van der Waals surface area contributed by atoms with E-state index in [0.29, 0.717) is 0 Å². The van der Waals surface area contributed by atoms with E-state index in [9.17, 15) is 9.59 Å². The van der Waals surface area contributed by atoms with Crippen molar-refractivity contribution in [2.45, 2.75) is 13.3 Å². The van der Waals surface area contributed by atoms with E-state index >= 15 is 0 Å². The molecular weight excluding hydrogens is 294 g/mol. The van der Waals surface area contributed by atoms with Crippen molar-refractivity contribution in [1.29, 1.82) is 0 Å². The summed E-state index contributed by atoms with van der Waals surface area (Å²) in [4.78, 5) is 28.2. The zero-order valence-corrected chi connectivity index (χ0v) is 13.9. The van der Waals surface area contributed by atoms with Crippen LogP contribution in [0.1, 0.15) is 12.5 Å². The number of amides is 2. The quantitative estimate of drug-likeness (QED) is 0.830. The number of nitrogens with one attached hydrogen (secondary N) is 1. The largest absolute Gasteiger partial charge is 0.497 e. The van der Waals surface area contributed by atoms with Crippen molar-refractivity contribution in [2.75, 3.05) is 46.4 Å². The third kappa shape index (κ3) is 5.25. The molecule has 2 amide bonds. The zero-order chi connectivity index (χ0) is 16.7. The summed E-state index contributed by atoms with van der Waals surface area (Å²) < 4.78 is 5.08. The average molecular weight is 319 g/mol. The first-order valence-corrected chi connectivity index (χ1v) is 8.02. The maximum atomic E-state index is 12.1. The normalized spacial score (nSPS) is 15.3. The second kappa shape index (κ2) is 8.53. The van der Waals surface area contributed by atoms with Gasteiger partial charge in [-0.2, -0.15) is 0 Å². The maximum Gasteiger partial charge on any atom is 0.242 e. The topological polar surface area (TPSA) is 61.9 Å². The fourth-order valence-electron chi connectivity index (χ4n) is 2.59. The Hall–Kier alpha value is -2.08. The minimum atomic E-state index is -0.143. The monoisotopic (exact) mass is 319 g/mol. The van der Waals surface area contributed by atoms with Crippen LogP contribution in [-0.2, 0) is 16.0 Å². The minimum absolute atomic E-state index is 0.0103. The van der Waals surface area contributed by atoms with Gasteiger partial charge >= 0.3 is 0 Å². The second-order valence-electron chi connectivity index (χ2n) is 5.62. The first kappa shape index (κ1) is 17.3. The molecule has 0 unspecified atom stereocenters. The second-order valence-corrected chi connectivity index (χ2v) is 5.62. The van der Waals surface area contributed by atoms with Crippen molar-refractivity contribution in [3.8, 4) is 5.75 Å². The molecule has 1 fully saturated rings. The number of likely N-dealkylation sites (N-methyl/N-ethyl adjacent to an activating group) is 1. The molecule has 6 heteroatoms. The van der Waals surface area contributed by atoms with Gasteiger partial charge in [0.1, 0.15) is 5.75 Å². The Balaban J connectivity index is 1.72. The summed E-state index contributed by atoms with van der Waals surface area (Å²) in [6, 6.07) is 7.34. The van der Waals surface area contributed by atoms with E-state index in [1.165, 1.54) is 0 Å². The van der Waals surface area contributed by atoms with E-state index in [4.69, 9.17) is 4.74 Å². The molecule has 1 N–H and O–H groups in total. The smallest absolute Gasteiger partial charge is 0.242 e. The minimum Gasteiger partial charge on any atom is -0.497 e. The van der Waals surface area contributed by atoms with Crippen molar-refractivity contribution in [2.24, 2.45) is 0 Å². The Morgan fingerprint density at radius 3 is 2.35 bits per heavy atom. The Morgan fingerprint density at radius 2 is 1.78 bits per heavy atom. The fraction of sp³-hybridized carbons (Fsp3) is 0.529. The van der Waals surface area contributed by atoms with Crippen LogP contribution in [-0.4, -0.2) is 68.0 Å². The third-order valence-corrected chi connectivity index (χ3v) is 4.13. The van der Waals surface area contributed by atoms with Crippen molar-refractivity contribution >= 4 is 11.8 Å². The van der Waals surface area contributed by atoms with E-state index in [-0.39, 0.29) is 24.8 Å². The highest BCUT2D eigenvalue weighted by Gasteiger charge is 2.20. The highest BCUT2D eigenvalue weighted by molar-refractivity contribution is 5.85. The highest BCUT2D eigenvalue weighted by atomic mass is 16.5. The lowest BCUT2D eigenvalue weighted by atomic mass is 10.1. The summed E-state index contributed by atoms with van der Waals surface area (Å²) >= 11 is 0. The van der Waals surface area contributed by atoms with Crippen LogP contribution in [0, 0.1) is 0 Å². The SMILES string of the molecule is CCN1CCN(C(=O)CNC(=O)Cc2ccc(OC)cc2)CC1. The van der Waals surface area contributed by atoms with Crippen LogP contribution >= 0.6 is 0 Å². The van der Waals surface area contributed by atoms with Gasteiger partial charge in [0.15, 0.2) is 0 Å². The molecule has 0 atom stereocenters. The zero-order valence-electron chi connectivity index (χ0n) is 13.9. The first-order chi connectivity index (χ1) is 11.1. The summed E-state index contributed by atoms with van der Waals surface area (Å²) in [5.74, 6) is 0.607. The number of carbonyl (C=O) groups excluding carboxylic acids is 2. The number of hydrogen-bond donors (Lipinski definition) is 1. The van der Waals surface area contributed by atoms with Gasteiger partial charge in [0.25, 0.3) is 0 Å². The summed E-state index contributed by atoms with van der Waals surface area (Å²) in [5, 5.41) is 2.71. The van der Waals surface area contributed by atoms with Gasteiger partial charge < -0.3 is 19.9 Å². The molecule has 0 saturated carbocycles. The van der Waals surface area contributed by atoms with Gasteiger partial charge in [-0.1, -0.05) is 19.1 Å². The van der Waals surface area contributed by atoms with Crippen LogP contribution in [0.4, 0.5) is 0 Å². The van der Waals surface area contributed by atoms with Crippen molar-refractivity contribution in [3.05, 3.63) is 29.8 Å². The van der Waals surface area contributed by atoms with Crippen LogP contribution in [0.25, 0.3) is 0 Å². The number of hydrogen-bond acceptors (Lipinski definition) is 4. The Kier molecular flexibility index (Phi) is 6.40. The molecule has 1 heterocycles. The van der Waals surface area contributed by atoms with Crippen LogP contribution in [0.15, 0.2) is 24.3 Å². The van der Waals surface area contributed by atoms with Gasteiger partial charge in [-0.3, -0.25) is 9.59 Å². The van der Waals surface area contributed by atoms with Gasteiger partial charge in [0.05, 0.1) is 20.1 Å².